The molecule has 0 saturated carbocycles. The third kappa shape index (κ3) is 4.95. The van der Waals surface area contributed by atoms with Crippen molar-refractivity contribution in [2.24, 2.45) is 0 Å². The van der Waals surface area contributed by atoms with E-state index in [0.29, 0.717) is 34.4 Å². The highest BCUT2D eigenvalue weighted by molar-refractivity contribution is 7.12. The largest absolute Gasteiger partial charge is 0.339 e. The van der Waals surface area contributed by atoms with Gasteiger partial charge in [-0.15, -0.1) is 11.3 Å². The Bertz CT molecular complexity index is 1130. The van der Waals surface area contributed by atoms with Crippen LogP contribution in [-0.2, 0) is 11.2 Å². The van der Waals surface area contributed by atoms with Crippen molar-refractivity contribution in [1.29, 1.82) is 0 Å². The van der Waals surface area contributed by atoms with Gasteiger partial charge in [-0.2, -0.15) is 4.98 Å². The van der Waals surface area contributed by atoms with Gasteiger partial charge in [0.05, 0.1) is 4.88 Å². The number of anilines is 2. The quantitative estimate of drug-likeness (QED) is 0.468. The Morgan fingerprint density at radius 2 is 1.70 bits per heavy atom. The number of aromatic nitrogens is 3. The van der Waals surface area contributed by atoms with Crippen molar-refractivity contribution in [3.05, 3.63) is 77.1 Å². The lowest BCUT2D eigenvalue weighted by Gasteiger charge is -2.07. The first-order chi connectivity index (χ1) is 14.7. The second-order valence-corrected chi connectivity index (χ2v) is 7.25. The standard InChI is InChI=1S/C21H17N5O3S/c27-18(7-8-19-25-20(26-29-19)14-9-11-22-12-10-14)23-15-3-5-16(6-4-15)24-21(28)17-2-1-13-30-17/h1-6,9-13H,7-8H2,(H,23,27)(H,24,28). The first-order valence-electron chi connectivity index (χ1n) is 9.15. The topological polar surface area (TPSA) is 110 Å². The van der Waals surface area contributed by atoms with E-state index in [1.54, 1.807) is 54.9 Å². The van der Waals surface area contributed by atoms with E-state index in [2.05, 4.69) is 25.8 Å². The highest BCUT2D eigenvalue weighted by Crippen LogP contribution is 2.17. The molecule has 30 heavy (non-hydrogen) atoms. The minimum absolute atomic E-state index is 0.160. The van der Waals surface area contributed by atoms with Crippen molar-refractivity contribution in [1.82, 2.24) is 15.1 Å². The number of hydrogen-bond acceptors (Lipinski definition) is 7. The van der Waals surface area contributed by atoms with Gasteiger partial charge in [0.15, 0.2) is 0 Å². The number of benzene rings is 1. The van der Waals surface area contributed by atoms with E-state index in [4.69, 9.17) is 4.52 Å². The Morgan fingerprint density at radius 1 is 0.967 bits per heavy atom. The molecule has 1 aromatic carbocycles. The SMILES string of the molecule is O=C(CCc1nc(-c2ccncc2)no1)Nc1ccc(NC(=O)c2cccs2)cc1. The van der Waals surface area contributed by atoms with Gasteiger partial charge in [0.1, 0.15) is 0 Å². The van der Waals surface area contributed by atoms with Gasteiger partial charge < -0.3 is 15.2 Å². The molecule has 3 heterocycles. The van der Waals surface area contributed by atoms with Crippen molar-refractivity contribution in [3.8, 4) is 11.4 Å². The number of rotatable bonds is 7. The molecule has 0 spiro atoms. The maximum absolute atomic E-state index is 12.2. The van der Waals surface area contributed by atoms with Gasteiger partial charge in [0.2, 0.25) is 17.6 Å². The Balaban J connectivity index is 1.27. The van der Waals surface area contributed by atoms with E-state index < -0.39 is 0 Å². The lowest BCUT2D eigenvalue weighted by atomic mass is 10.2. The van der Waals surface area contributed by atoms with E-state index in [1.165, 1.54) is 11.3 Å². The van der Waals surface area contributed by atoms with Gasteiger partial charge in [-0.3, -0.25) is 14.6 Å². The molecule has 0 unspecified atom stereocenters. The number of hydrogen-bond donors (Lipinski definition) is 2. The van der Waals surface area contributed by atoms with Crippen LogP contribution in [0, 0.1) is 0 Å². The zero-order valence-corrected chi connectivity index (χ0v) is 16.6. The van der Waals surface area contributed by atoms with E-state index >= 15 is 0 Å². The third-order valence-electron chi connectivity index (χ3n) is 4.14. The summed E-state index contributed by atoms with van der Waals surface area (Å²) in [7, 11) is 0. The van der Waals surface area contributed by atoms with Crippen molar-refractivity contribution in [3.63, 3.8) is 0 Å². The lowest BCUT2D eigenvalue weighted by molar-refractivity contribution is -0.116. The van der Waals surface area contributed by atoms with Crippen molar-refractivity contribution in [2.45, 2.75) is 12.8 Å². The predicted octanol–water partition coefficient (Wildman–Crippen LogP) is 4.02. The summed E-state index contributed by atoms with van der Waals surface area (Å²) in [5.41, 5.74) is 2.09. The zero-order valence-electron chi connectivity index (χ0n) is 15.7. The second kappa shape index (κ2) is 9.10. The molecular formula is C21H17N5O3S. The smallest absolute Gasteiger partial charge is 0.265 e. The third-order valence-corrected chi connectivity index (χ3v) is 5.01. The molecule has 4 rings (SSSR count). The van der Waals surface area contributed by atoms with Crippen LogP contribution in [0.2, 0.25) is 0 Å². The molecule has 150 valence electrons. The monoisotopic (exact) mass is 419 g/mol. The highest BCUT2D eigenvalue weighted by Gasteiger charge is 2.11. The predicted molar refractivity (Wildman–Crippen MR) is 113 cm³/mol. The second-order valence-electron chi connectivity index (χ2n) is 6.30. The molecular weight excluding hydrogens is 402 g/mol. The molecule has 0 bridgehead atoms. The van der Waals surface area contributed by atoms with Crippen LogP contribution in [-0.4, -0.2) is 26.9 Å². The summed E-state index contributed by atoms with van der Waals surface area (Å²) in [6.45, 7) is 0. The van der Waals surface area contributed by atoms with Crippen LogP contribution in [0.25, 0.3) is 11.4 Å². The molecule has 0 fully saturated rings. The molecule has 8 nitrogen and oxygen atoms in total. The summed E-state index contributed by atoms with van der Waals surface area (Å²) in [4.78, 5) is 33.1. The number of carbonyl (C=O) groups is 2. The van der Waals surface area contributed by atoms with Gasteiger partial charge in [-0.05, 0) is 47.8 Å². The molecule has 3 aromatic heterocycles. The molecule has 2 amide bonds. The summed E-state index contributed by atoms with van der Waals surface area (Å²) in [6.07, 6.45) is 3.84. The molecule has 0 aliphatic rings. The summed E-state index contributed by atoms with van der Waals surface area (Å²) >= 11 is 1.38. The molecule has 0 aliphatic heterocycles. The zero-order chi connectivity index (χ0) is 20.8. The van der Waals surface area contributed by atoms with Crippen LogP contribution in [0.5, 0.6) is 0 Å². The van der Waals surface area contributed by atoms with Crippen molar-refractivity contribution < 1.29 is 14.1 Å². The number of nitrogens with zero attached hydrogens (tertiary/aromatic N) is 3. The van der Waals surface area contributed by atoms with E-state index in [1.807, 2.05) is 11.4 Å². The fourth-order valence-electron chi connectivity index (χ4n) is 2.66. The van der Waals surface area contributed by atoms with Crippen LogP contribution in [0.4, 0.5) is 11.4 Å². The van der Waals surface area contributed by atoms with Gasteiger partial charge in [0, 0.05) is 42.2 Å². The first kappa shape index (κ1) is 19.5. The Hall–Kier alpha value is -3.85. The number of nitrogens with one attached hydrogen (secondary N) is 2. The number of amides is 2. The Morgan fingerprint density at radius 3 is 2.40 bits per heavy atom. The van der Waals surface area contributed by atoms with Gasteiger partial charge in [-0.1, -0.05) is 11.2 Å². The fourth-order valence-corrected chi connectivity index (χ4v) is 3.27. The number of aryl methyl sites for hydroxylation is 1. The maximum atomic E-state index is 12.2. The summed E-state index contributed by atoms with van der Waals surface area (Å²) in [5.74, 6) is 0.526. The minimum atomic E-state index is -0.172. The fraction of sp³-hybridized carbons (Fsp3) is 0.0952. The summed E-state index contributed by atoms with van der Waals surface area (Å²) < 4.78 is 5.20. The van der Waals surface area contributed by atoms with Crippen LogP contribution < -0.4 is 10.6 Å². The molecule has 4 aromatic rings. The molecule has 2 N–H and O–H groups in total. The molecule has 9 heteroatoms. The molecule has 0 radical (unpaired) electrons. The average molecular weight is 419 g/mol. The van der Waals surface area contributed by atoms with Gasteiger partial charge in [-0.25, -0.2) is 0 Å². The van der Waals surface area contributed by atoms with Crippen LogP contribution in [0.1, 0.15) is 22.0 Å². The van der Waals surface area contributed by atoms with E-state index in [0.717, 1.165) is 5.56 Å². The van der Waals surface area contributed by atoms with E-state index in [-0.39, 0.29) is 18.2 Å². The maximum Gasteiger partial charge on any atom is 0.265 e. The Labute approximate surface area is 176 Å². The molecule has 0 saturated heterocycles. The minimum Gasteiger partial charge on any atom is -0.339 e. The van der Waals surface area contributed by atoms with Crippen LogP contribution in [0.15, 0.2) is 70.8 Å². The molecule has 0 atom stereocenters. The first-order valence-corrected chi connectivity index (χ1v) is 10.0. The van der Waals surface area contributed by atoms with Crippen molar-refractivity contribution >= 4 is 34.5 Å². The van der Waals surface area contributed by atoms with Gasteiger partial charge >= 0.3 is 0 Å². The van der Waals surface area contributed by atoms with Gasteiger partial charge in [0.25, 0.3) is 5.91 Å². The number of pyridine rings is 1. The van der Waals surface area contributed by atoms with Crippen molar-refractivity contribution in [2.75, 3.05) is 10.6 Å². The number of thiophene rings is 1. The number of carbonyl (C=O) groups excluding carboxylic acids is 2. The lowest BCUT2D eigenvalue weighted by Crippen LogP contribution is -2.13. The van der Waals surface area contributed by atoms with Crippen LogP contribution >= 0.6 is 11.3 Å². The average Bonchev–Trinajstić information content (AvgIpc) is 3.47. The summed E-state index contributed by atoms with van der Waals surface area (Å²) in [5, 5.41) is 11.4. The van der Waals surface area contributed by atoms with Crippen LogP contribution in [0.3, 0.4) is 0 Å². The molecule has 0 aliphatic carbocycles. The normalized spacial score (nSPS) is 10.5. The Kier molecular flexibility index (Phi) is 5.90. The van der Waals surface area contributed by atoms with E-state index in [9.17, 15) is 9.59 Å². The highest BCUT2D eigenvalue weighted by atomic mass is 32.1. The summed E-state index contributed by atoms with van der Waals surface area (Å²) in [6, 6.07) is 14.1.